The predicted octanol–water partition coefficient (Wildman–Crippen LogP) is 6.30. The van der Waals surface area contributed by atoms with Crippen LogP contribution in [0, 0.1) is 6.92 Å². The second-order valence-corrected chi connectivity index (χ2v) is 14.2. The number of fused-ring (bicyclic) bond motifs is 4. The molecule has 1 fully saturated rings. The molecule has 1 atom stereocenters. The smallest absolute Gasteiger partial charge is 0.328 e. The van der Waals surface area contributed by atoms with E-state index in [-0.39, 0.29) is 39.5 Å². The second-order valence-electron chi connectivity index (χ2n) is 12.2. The van der Waals surface area contributed by atoms with E-state index in [9.17, 15) is 29.4 Å². The fourth-order valence-electron chi connectivity index (χ4n) is 6.24. The quantitative estimate of drug-likeness (QED) is 0.121. The van der Waals surface area contributed by atoms with E-state index in [0.717, 1.165) is 19.5 Å². The molecule has 0 radical (unpaired) electrons. The molecule has 2 heterocycles. The molecule has 0 bridgehead atoms. The van der Waals surface area contributed by atoms with Gasteiger partial charge >= 0.3 is 11.9 Å². The Morgan fingerprint density at radius 1 is 0.784 bits per heavy atom. The van der Waals surface area contributed by atoms with Crippen molar-refractivity contribution in [2.24, 2.45) is 0 Å². The summed E-state index contributed by atoms with van der Waals surface area (Å²) in [5, 5.41) is 35.3. The summed E-state index contributed by atoms with van der Waals surface area (Å²) in [6, 6.07) is 23.8. The van der Waals surface area contributed by atoms with Crippen molar-refractivity contribution in [2.45, 2.75) is 34.1 Å². The van der Waals surface area contributed by atoms with Gasteiger partial charge in [0.2, 0.25) is 5.78 Å². The molecule has 0 amide bonds. The van der Waals surface area contributed by atoms with Crippen molar-refractivity contribution in [3.63, 3.8) is 0 Å². The number of carboxylic acid groups (broad SMARTS) is 2. The highest BCUT2D eigenvalue weighted by Crippen LogP contribution is 2.44. The van der Waals surface area contributed by atoms with Crippen LogP contribution in [0.1, 0.15) is 54.6 Å². The molecule has 0 saturated carbocycles. The Kier molecular flexibility index (Phi) is 12.0. The maximum absolute atomic E-state index is 12.3. The summed E-state index contributed by atoms with van der Waals surface area (Å²) >= 11 is 3.79. The van der Waals surface area contributed by atoms with Gasteiger partial charge in [0.1, 0.15) is 11.5 Å². The van der Waals surface area contributed by atoms with Crippen molar-refractivity contribution in [3.8, 4) is 11.5 Å². The van der Waals surface area contributed by atoms with Gasteiger partial charge in [0.25, 0.3) is 0 Å². The highest BCUT2D eigenvalue weighted by molar-refractivity contribution is 7.99. The summed E-state index contributed by atoms with van der Waals surface area (Å²) in [4.78, 5) is 53.1. The highest BCUT2D eigenvalue weighted by atomic mass is 32.2. The van der Waals surface area contributed by atoms with E-state index in [2.05, 4.69) is 65.6 Å². The summed E-state index contributed by atoms with van der Waals surface area (Å²) in [6.07, 6.45) is 4.41. The lowest BCUT2D eigenvalue weighted by atomic mass is 9.82. The summed E-state index contributed by atoms with van der Waals surface area (Å²) in [6.45, 7) is 6.40. The number of aromatic hydroxyl groups is 2. The maximum Gasteiger partial charge on any atom is 0.328 e. The third-order valence-corrected chi connectivity index (χ3v) is 10.7. The second kappa shape index (κ2) is 16.4. The van der Waals surface area contributed by atoms with Gasteiger partial charge < -0.3 is 25.3 Å². The number of carbonyl (C=O) groups is 4. The molecule has 1 saturated heterocycles. The summed E-state index contributed by atoms with van der Waals surface area (Å²) in [5.41, 5.74) is 3.98. The van der Waals surface area contributed by atoms with E-state index >= 15 is 0 Å². The van der Waals surface area contributed by atoms with Crippen molar-refractivity contribution < 1.29 is 39.6 Å². The molecule has 2 aliphatic heterocycles. The minimum absolute atomic E-state index is 0.0374. The molecule has 0 spiro atoms. The third kappa shape index (κ3) is 8.71. The molecule has 264 valence electrons. The Morgan fingerprint density at radius 3 is 2.12 bits per heavy atom. The fraction of sp³-hybridized carbons (Fsp3) is 0.231. The standard InChI is InChI=1S/C20H24N2S2.C15H10O4.C4H4O4/c1-21-9-11-22(12-10-21)18-13-15-5-3-4-6-19(15)24-20-8-7-16(23-2)14-17(18)20;1-7-5-9-13(11(17)6-7)15(19)12-8(14(9)18)3-2-4-10(12)16;5-3(6)1-2-4(7)8/h3-8,14,18H,9-13H2,1-2H3;2-6,16-17H,1H3;1-2H,(H,5,6)(H,7,8). The number of phenols is 2. The number of carboxylic acids is 2. The summed E-state index contributed by atoms with van der Waals surface area (Å²) < 4.78 is 0. The Labute approximate surface area is 304 Å². The Bertz CT molecular complexity index is 2000. The summed E-state index contributed by atoms with van der Waals surface area (Å²) in [7, 11) is 2.23. The van der Waals surface area contributed by atoms with E-state index in [1.165, 1.54) is 63.2 Å². The molecule has 1 aliphatic carbocycles. The summed E-state index contributed by atoms with van der Waals surface area (Å²) in [5.74, 6) is -3.89. The Hall–Kier alpha value is -4.88. The molecule has 4 aromatic carbocycles. The number of hydrogen-bond donors (Lipinski definition) is 4. The first-order valence-corrected chi connectivity index (χ1v) is 18.2. The van der Waals surface area contributed by atoms with Crippen LogP contribution in [0.15, 0.2) is 99.6 Å². The van der Waals surface area contributed by atoms with Crippen LogP contribution in [0.3, 0.4) is 0 Å². The molecular weight excluding hydrogens is 689 g/mol. The van der Waals surface area contributed by atoms with E-state index < -0.39 is 17.7 Å². The third-order valence-electron chi connectivity index (χ3n) is 8.78. The maximum atomic E-state index is 12.3. The average Bonchev–Trinajstić information content (AvgIpc) is 3.26. The number of piperazine rings is 1. The molecule has 7 rings (SSSR count). The molecule has 4 aromatic rings. The number of aliphatic carboxylic acids is 2. The number of aryl methyl sites for hydroxylation is 1. The van der Waals surface area contributed by atoms with Crippen molar-refractivity contribution in [1.82, 2.24) is 9.80 Å². The van der Waals surface area contributed by atoms with Crippen LogP contribution in [0.4, 0.5) is 0 Å². The van der Waals surface area contributed by atoms with Gasteiger partial charge in [-0.3, -0.25) is 14.5 Å². The molecule has 10 nitrogen and oxygen atoms in total. The zero-order valence-electron chi connectivity index (χ0n) is 28.3. The first-order chi connectivity index (χ1) is 24.4. The zero-order chi connectivity index (χ0) is 36.8. The van der Waals surface area contributed by atoms with Crippen LogP contribution in [0.2, 0.25) is 0 Å². The zero-order valence-corrected chi connectivity index (χ0v) is 30.0. The van der Waals surface area contributed by atoms with Crippen molar-refractivity contribution in [1.29, 1.82) is 0 Å². The number of ketones is 2. The minimum atomic E-state index is -1.26. The number of likely N-dealkylation sites (N-methyl/N-ethyl adjacent to an activating group) is 1. The van der Waals surface area contributed by atoms with Crippen LogP contribution >= 0.6 is 23.5 Å². The van der Waals surface area contributed by atoms with Crippen LogP contribution in [-0.4, -0.2) is 93.2 Å². The lowest BCUT2D eigenvalue weighted by Crippen LogP contribution is -2.46. The van der Waals surface area contributed by atoms with Gasteiger partial charge in [-0.05, 0) is 85.8 Å². The van der Waals surface area contributed by atoms with Gasteiger partial charge in [-0.25, -0.2) is 9.59 Å². The first-order valence-electron chi connectivity index (χ1n) is 16.1. The van der Waals surface area contributed by atoms with E-state index in [1.54, 1.807) is 13.0 Å². The van der Waals surface area contributed by atoms with Crippen LogP contribution in [0.25, 0.3) is 0 Å². The number of rotatable bonds is 4. The molecule has 0 aromatic heterocycles. The predicted molar refractivity (Wildman–Crippen MR) is 197 cm³/mol. The number of phenolic OH excluding ortho intramolecular Hbond substituents is 2. The van der Waals surface area contributed by atoms with E-state index in [0.29, 0.717) is 23.8 Å². The Balaban J connectivity index is 0.000000167. The number of carbonyl (C=O) groups excluding carboxylic acids is 2. The van der Waals surface area contributed by atoms with Gasteiger partial charge in [0.15, 0.2) is 5.78 Å². The first kappa shape index (κ1) is 37.4. The van der Waals surface area contributed by atoms with Gasteiger partial charge in [-0.2, -0.15) is 0 Å². The van der Waals surface area contributed by atoms with Crippen molar-refractivity contribution >= 4 is 47.0 Å². The normalized spacial score (nSPS) is 16.6. The van der Waals surface area contributed by atoms with E-state index in [1.807, 2.05) is 23.5 Å². The number of benzene rings is 4. The van der Waals surface area contributed by atoms with Crippen molar-refractivity contribution in [3.05, 3.63) is 124 Å². The number of nitrogens with zero attached hydrogens (tertiary/aromatic N) is 2. The Morgan fingerprint density at radius 2 is 1.45 bits per heavy atom. The largest absolute Gasteiger partial charge is 0.507 e. The molecular formula is C39H38N2O8S2. The average molecular weight is 727 g/mol. The van der Waals surface area contributed by atoms with Gasteiger partial charge in [0.05, 0.1) is 11.1 Å². The topological polar surface area (TPSA) is 156 Å². The van der Waals surface area contributed by atoms with Crippen LogP contribution in [-0.2, 0) is 16.0 Å². The minimum Gasteiger partial charge on any atom is -0.507 e. The van der Waals surface area contributed by atoms with Crippen LogP contribution < -0.4 is 0 Å². The monoisotopic (exact) mass is 726 g/mol. The van der Waals surface area contributed by atoms with E-state index in [4.69, 9.17) is 10.2 Å². The van der Waals surface area contributed by atoms with Gasteiger partial charge in [0, 0.05) is 70.2 Å². The lowest BCUT2D eigenvalue weighted by Gasteiger charge is -2.38. The fourth-order valence-corrected chi connectivity index (χ4v) is 7.80. The highest BCUT2D eigenvalue weighted by Gasteiger charge is 2.34. The molecule has 4 N–H and O–H groups in total. The number of thioether (sulfide) groups is 1. The molecule has 1 unspecified atom stereocenters. The van der Waals surface area contributed by atoms with Gasteiger partial charge in [-0.1, -0.05) is 42.1 Å². The van der Waals surface area contributed by atoms with Gasteiger partial charge in [-0.15, -0.1) is 11.8 Å². The molecule has 51 heavy (non-hydrogen) atoms. The number of hydrogen-bond acceptors (Lipinski definition) is 10. The van der Waals surface area contributed by atoms with Crippen LogP contribution in [0.5, 0.6) is 11.5 Å². The molecule has 12 heteroatoms. The molecule has 3 aliphatic rings. The lowest BCUT2D eigenvalue weighted by molar-refractivity contribution is -0.134. The SMILES string of the molecule is CSc1ccc2c(c1)C(N1CCN(C)CC1)Cc1ccccc1S2.Cc1cc(O)c2c(c1)C(=O)c1cccc(O)c1C2=O.O=C(O)C=CC(=O)O. The van der Waals surface area contributed by atoms with Crippen molar-refractivity contribution in [2.75, 3.05) is 39.5 Å².